The average Bonchev–Trinajstić information content (AvgIpc) is 2.08. The van der Waals surface area contributed by atoms with Crippen LogP contribution in [0.15, 0.2) is 18.2 Å². The Hall–Kier alpha value is -1.40. The van der Waals surface area contributed by atoms with Crippen LogP contribution >= 0.6 is 0 Å². The molecule has 1 aromatic carbocycles. The van der Waals surface area contributed by atoms with Crippen molar-refractivity contribution in [1.29, 1.82) is 0 Å². The number of hydrogen-bond donors (Lipinski definition) is 0. The molecular weight excluding hydrogens is 190 g/mol. The van der Waals surface area contributed by atoms with Crippen LogP contribution in [0, 0.1) is 5.82 Å². The molecule has 0 bridgehead atoms. The Morgan fingerprint density at radius 1 is 1.43 bits per heavy atom. The number of ether oxygens (including phenoxy) is 1. The number of methoxy groups -OCH3 is 1. The van der Waals surface area contributed by atoms with Crippen LogP contribution in [0.3, 0.4) is 0 Å². The molecule has 0 aliphatic rings. The second-order valence-corrected chi connectivity index (χ2v) is 2.22. The van der Waals surface area contributed by atoms with E-state index in [-0.39, 0.29) is 22.0 Å². The first-order chi connectivity index (χ1) is 5.65. The van der Waals surface area contributed by atoms with Crippen molar-refractivity contribution in [3.05, 3.63) is 29.6 Å². The topological polar surface area (TPSA) is 86.3 Å². The molecule has 0 saturated heterocycles. The molecule has 4 nitrogen and oxygen atoms in total. The maximum atomic E-state index is 12.6. The van der Waals surface area contributed by atoms with Gasteiger partial charge >= 0.3 is 69.9 Å². The molecule has 0 unspecified atom stereocenters. The largest absolute Gasteiger partial charge is 0.870 e. The first-order valence-electron chi connectivity index (χ1n) is 3.28. The number of rotatable bonds is 1. The summed E-state index contributed by atoms with van der Waals surface area (Å²) in [5.74, 6) is -1.14. The molecular formula is C8H8BFO4. The van der Waals surface area contributed by atoms with Gasteiger partial charge < -0.3 is 11.0 Å². The third-order valence-corrected chi connectivity index (χ3v) is 1.42. The predicted octanol–water partition coefficient (Wildman–Crippen LogP) is 0.0525. The fourth-order valence-corrected chi connectivity index (χ4v) is 0.815. The molecule has 0 aliphatic carbocycles. The molecule has 0 heterocycles. The van der Waals surface area contributed by atoms with Crippen molar-refractivity contribution in [3.8, 4) is 0 Å². The first kappa shape index (κ1) is 15.1. The Bertz CT molecular complexity index is 316. The van der Waals surface area contributed by atoms with Gasteiger partial charge in [0.2, 0.25) is 0 Å². The molecule has 74 valence electrons. The molecule has 0 amide bonds. The molecule has 0 radical (unpaired) electrons. The Labute approximate surface area is 81.7 Å². The number of halogens is 1. The van der Waals surface area contributed by atoms with E-state index in [1.54, 1.807) is 0 Å². The second kappa shape index (κ2) is 6.12. The Morgan fingerprint density at radius 3 is 2.50 bits per heavy atom. The molecule has 1 aromatic rings. The molecule has 2 N–H and O–H groups in total. The molecule has 0 spiro atoms. The van der Waals surface area contributed by atoms with Gasteiger partial charge in [0.1, 0.15) is 0 Å². The molecule has 0 saturated carbocycles. The zero-order chi connectivity index (χ0) is 9.14. The molecule has 0 atom stereocenters. The standard InChI is InChI=1S/C8H6BFO2.2H2O/c1-12-8(11)6-4-5(10)2-3-7(6)9;;/h2-4H,1H3;2*1H2/q+2;;/p-2. The van der Waals surface area contributed by atoms with Gasteiger partial charge in [-0.05, 0) is 0 Å². The maximum Gasteiger partial charge on any atom is -0.870 e. The van der Waals surface area contributed by atoms with E-state index in [1.165, 1.54) is 19.2 Å². The summed E-state index contributed by atoms with van der Waals surface area (Å²) < 4.78 is 17.0. The van der Waals surface area contributed by atoms with E-state index in [9.17, 15) is 9.18 Å². The van der Waals surface area contributed by atoms with E-state index in [1.807, 2.05) is 0 Å². The van der Waals surface area contributed by atoms with Crippen molar-refractivity contribution in [1.82, 2.24) is 0 Å². The molecule has 0 aromatic heterocycles. The zero-order valence-electron chi connectivity index (χ0n) is 7.40. The summed E-state index contributed by atoms with van der Waals surface area (Å²) in [5, 5.41) is 0. The fourth-order valence-electron chi connectivity index (χ4n) is 0.815. The van der Waals surface area contributed by atoms with E-state index >= 15 is 0 Å². The molecule has 0 fully saturated rings. The minimum Gasteiger partial charge on any atom is -0.870 e. The van der Waals surface area contributed by atoms with Gasteiger partial charge in [0.15, 0.2) is 0 Å². The van der Waals surface area contributed by atoms with E-state index in [0.29, 0.717) is 0 Å². The Morgan fingerprint density at radius 2 is 2.00 bits per heavy atom. The van der Waals surface area contributed by atoms with Crippen LogP contribution < -0.4 is 5.46 Å². The zero-order valence-corrected chi connectivity index (χ0v) is 7.40. The Balaban J connectivity index is 0. The summed E-state index contributed by atoms with van der Waals surface area (Å²) in [6.07, 6.45) is 0. The quantitative estimate of drug-likeness (QED) is 0.471. The van der Waals surface area contributed by atoms with Gasteiger partial charge in [-0.2, -0.15) is 0 Å². The van der Waals surface area contributed by atoms with Gasteiger partial charge in [-0.3, -0.25) is 0 Å². The summed E-state index contributed by atoms with van der Waals surface area (Å²) in [5.41, 5.74) is 0.265. The van der Waals surface area contributed by atoms with E-state index < -0.39 is 11.8 Å². The number of benzene rings is 1. The second-order valence-electron chi connectivity index (χ2n) is 2.22. The van der Waals surface area contributed by atoms with Gasteiger partial charge in [-0.1, -0.05) is 0 Å². The van der Waals surface area contributed by atoms with Crippen LogP contribution in [-0.2, 0) is 4.74 Å². The van der Waals surface area contributed by atoms with Crippen LogP contribution in [-0.4, -0.2) is 31.9 Å². The van der Waals surface area contributed by atoms with Crippen LogP contribution in [0.4, 0.5) is 4.39 Å². The molecule has 6 heteroatoms. The van der Waals surface area contributed by atoms with Gasteiger partial charge in [-0.25, -0.2) is 0 Å². The van der Waals surface area contributed by atoms with Crippen LogP contribution in [0.25, 0.3) is 0 Å². The Kier molecular flexibility index (Phi) is 6.60. The van der Waals surface area contributed by atoms with Crippen molar-refractivity contribution in [2.75, 3.05) is 7.11 Å². The third kappa shape index (κ3) is 3.16. The molecule has 1 rings (SSSR count). The summed E-state index contributed by atoms with van der Waals surface area (Å²) in [7, 11) is 6.61. The van der Waals surface area contributed by atoms with Crippen molar-refractivity contribution in [2.24, 2.45) is 0 Å². The normalized spacial score (nSPS) is 8.29. The van der Waals surface area contributed by atoms with Gasteiger partial charge in [0.05, 0.1) is 0 Å². The van der Waals surface area contributed by atoms with Gasteiger partial charge in [0, 0.05) is 0 Å². The maximum absolute atomic E-state index is 12.6. The smallest absolute Gasteiger partial charge is 0.870 e. The van der Waals surface area contributed by atoms with E-state index in [2.05, 4.69) is 4.74 Å². The summed E-state index contributed by atoms with van der Waals surface area (Å²) >= 11 is 0. The van der Waals surface area contributed by atoms with Crippen molar-refractivity contribution in [2.45, 2.75) is 0 Å². The number of carbonyl (C=O) groups excluding carboxylic acids is 1. The predicted molar refractivity (Wildman–Crippen MR) is 47.0 cm³/mol. The minimum atomic E-state index is -0.632. The number of carbonyl (C=O) groups is 1. The van der Waals surface area contributed by atoms with Crippen molar-refractivity contribution < 1.29 is 24.9 Å². The summed E-state index contributed by atoms with van der Waals surface area (Å²) in [6.45, 7) is 0. The summed E-state index contributed by atoms with van der Waals surface area (Å²) in [6, 6.07) is 3.55. The fraction of sp³-hybridized carbons (Fsp3) is 0.125. The third-order valence-electron chi connectivity index (χ3n) is 1.42. The number of hydrogen-bond acceptors (Lipinski definition) is 4. The van der Waals surface area contributed by atoms with E-state index in [4.69, 9.17) is 7.85 Å². The van der Waals surface area contributed by atoms with Crippen LogP contribution in [0.5, 0.6) is 0 Å². The summed E-state index contributed by atoms with van der Waals surface area (Å²) in [4.78, 5) is 10.9. The first-order valence-corrected chi connectivity index (χ1v) is 3.28. The van der Waals surface area contributed by atoms with Gasteiger partial charge in [-0.15, -0.1) is 0 Å². The van der Waals surface area contributed by atoms with Crippen LogP contribution in [0.2, 0.25) is 0 Å². The number of esters is 1. The van der Waals surface area contributed by atoms with Crippen molar-refractivity contribution >= 4 is 19.3 Å². The van der Waals surface area contributed by atoms with Gasteiger partial charge in [0.25, 0.3) is 0 Å². The van der Waals surface area contributed by atoms with Crippen LogP contribution in [0.1, 0.15) is 10.4 Å². The SMILES string of the molecule is [B+2]c1ccc(F)cc1C(=O)OC.[OH-].[OH-]. The molecule has 0 aliphatic heterocycles. The van der Waals surface area contributed by atoms with Crippen molar-refractivity contribution in [3.63, 3.8) is 0 Å². The molecule has 14 heavy (non-hydrogen) atoms. The monoisotopic (exact) mass is 198 g/mol. The average molecular weight is 198 g/mol. The minimum absolute atomic E-state index is 0. The van der Waals surface area contributed by atoms with E-state index in [0.717, 1.165) is 6.07 Å².